The van der Waals surface area contributed by atoms with Crippen molar-refractivity contribution in [2.45, 2.75) is 70.8 Å². The second-order valence-corrected chi connectivity index (χ2v) is 7.00. The van der Waals surface area contributed by atoms with Crippen LogP contribution < -0.4 is 5.32 Å². The fourth-order valence-corrected chi connectivity index (χ4v) is 3.89. The molecule has 0 aromatic carbocycles. The van der Waals surface area contributed by atoms with E-state index in [9.17, 15) is 0 Å². The van der Waals surface area contributed by atoms with Gasteiger partial charge in [0.25, 0.3) is 0 Å². The van der Waals surface area contributed by atoms with Crippen molar-refractivity contribution in [1.29, 1.82) is 0 Å². The van der Waals surface area contributed by atoms with Gasteiger partial charge in [0.2, 0.25) is 0 Å². The molecule has 1 N–H and O–H groups in total. The van der Waals surface area contributed by atoms with Gasteiger partial charge in [0, 0.05) is 6.04 Å². The van der Waals surface area contributed by atoms with Crippen LogP contribution in [0.4, 0.5) is 0 Å². The Bertz CT molecular complexity index is 227. The van der Waals surface area contributed by atoms with Crippen molar-refractivity contribution in [2.24, 2.45) is 11.8 Å². The third-order valence-electron chi connectivity index (χ3n) is 5.52. The summed E-state index contributed by atoms with van der Waals surface area (Å²) in [5, 5.41) is 3.56. The van der Waals surface area contributed by atoms with Crippen molar-refractivity contribution in [2.75, 3.05) is 26.7 Å². The van der Waals surface area contributed by atoms with E-state index < -0.39 is 0 Å². The molecule has 2 atom stereocenters. The van der Waals surface area contributed by atoms with Crippen LogP contribution in [0, 0.1) is 11.8 Å². The molecule has 2 rings (SSSR count). The SMILES string of the molecule is CC(CCN(C)C1CCCCCC1)C1CCCNC1. The summed E-state index contributed by atoms with van der Waals surface area (Å²) in [6, 6.07) is 0.874. The van der Waals surface area contributed by atoms with Gasteiger partial charge in [-0.1, -0.05) is 32.6 Å². The predicted octanol–water partition coefficient (Wildman–Crippen LogP) is 3.67. The molecule has 0 bridgehead atoms. The first-order valence-corrected chi connectivity index (χ1v) is 8.68. The summed E-state index contributed by atoms with van der Waals surface area (Å²) >= 11 is 0. The van der Waals surface area contributed by atoms with E-state index in [1.54, 1.807) is 0 Å². The van der Waals surface area contributed by atoms with E-state index in [-0.39, 0.29) is 0 Å². The molecule has 1 aliphatic carbocycles. The van der Waals surface area contributed by atoms with Gasteiger partial charge in [-0.15, -0.1) is 0 Å². The Morgan fingerprint density at radius 1 is 1.05 bits per heavy atom. The lowest BCUT2D eigenvalue weighted by molar-refractivity contribution is 0.185. The first-order chi connectivity index (χ1) is 9.27. The zero-order chi connectivity index (χ0) is 13.5. The van der Waals surface area contributed by atoms with E-state index in [0.29, 0.717) is 0 Å². The average molecular weight is 266 g/mol. The molecule has 2 heteroatoms. The van der Waals surface area contributed by atoms with Gasteiger partial charge in [0.1, 0.15) is 0 Å². The maximum atomic E-state index is 3.56. The van der Waals surface area contributed by atoms with E-state index >= 15 is 0 Å². The number of hydrogen-bond acceptors (Lipinski definition) is 2. The number of nitrogens with zero attached hydrogens (tertiary/aromatic N) is 1. The first-order valence-electron chi connectivity index (χ1n) is 8.68. The zero-order valence-corrected chi connectivity index (χ0v) is 13.2. The Hall–Kier alpha value is -0.0800. The van der Waals surface area contributed by atoms with Gasteiger partial charge in [-0.05, 0) is 70.6 Å². The number of rotatable bonds is 5. The van der Waals surface area contributed by atoms with Crippen molar-refractivity contribution < 1.29 is 0 Å². The third kappa shape index (κ3) is 5.07. The van der Waals surface area contributed by atoms with E-state index in [1.807, 2.05) is 0 Å². The Morgan fingerprint density at radius 2 is 1.79 bits per heavy atom. The third-order valence-corrected chi connectivity index (χ3v) is 5.52. The summed E-state index contributed by atoms with van der Waals surface area (Å²) in [5.74, 6) is 1.82. The van der Waals surface area contributed by atoms with Gasteiger partial charge < -0.3 is 10.2 Å². The van der Waals surface area contributed by atoms with E-state index in [4.69, 9.17) is 0 Å². The van der Waals surface area contributed by atoms with Crippen LogP contribution in [0.1, 0.15) is 64.7 Å². The molecular weight excluding hydrogens is 232 g/mol. The smallest absolute Gasteiger partial charge is 0.00922 e. The van der Waals surface area contributed by atoms with Crippen LogP contribution >= 0.6 is 0 Å². The Kier molecular flexibility index (Phi) is 6.66. The highest BCUT2D eigenvalue weighted by atomic mass is 15.1. The molecule has 2 unspecified atom stereocenters. The summed E-state index contributed by atoms with van der Waals surface area (Å²) in [5.41, 5.74) is 0. The summed E-state index contributed by atoms with van der Waals surface area (Å²) in [6.45, 7) is 6.28. The molecule has 0 spiro atoms. The van der Waals surface area contributed by atoms with Crippen molar-refractivity contribution in [1.82, 2.24) is 10.2 Å². The number of piperidine rings is 1. The highest BCUT2D eigenvalue weighted by Gasteiger charge is 2.22. The highest BCUT2D eigenvalue weighted by molar-refractivity contribution is 4.77. The lowest BCUT2D eigenvalue weighted by Crippen LogP contribution is -2.36. The van der Waals surface area contributed by atoms with Crippen LogP contribution in [-0.4, -0.2) is 37.6 Å². The molecule has 2 fully saturated rings. The van der Waals surface area contributed by atoms with Gasteiger partial charge >= 0.3 is 0 Å². The molecule has 0 aromatic heterocycles. The monoisotopic (exact) mass is 266 g/mol. The molecule has 1 saturated heterocycles. The number of nitrogens with one attached hydrogen (secondary N) is 1. The van der Waals surface area contributed by atoms with Crippen LogP contribution in [0.3, 0.4) is 0 Å². The molecule has 1 heterocycles. The fraction of sp³-hybridized carbons (Fsp3) is 1.00. The molecule has 2 aliphatic rings. The summed E-state index contributed by atoms with van der Waals surface area (Å²) in [6.07, 6.45) is 12.9. The largest absolute Gasteiger partial charge is 0.316 e. The molecule has 112 valence electrons. The van der Waals surface area contributed by atoms with Gasteiger partial charge in [0.05, 0.1) is 0 Å². The lowest BCUT2D eigenvalue weighted by Gasteiger charge is -2.32. The van der Waals surface area contributed by atoms with Crippen LogP contribution in [-0.2, 0) is 0 Å². The molecule has 2 nitrogen and oxygen atoms in total. The molecular formula is C17H34N2. The minimum Gasteiger partial charge on any atom is -0.316 e. The van der Waals surface area contributed by atoms with Crippen molar-refractivity contribution in [3.63, 3.8) is 0 Å². The van der Waals surface area contributed by atoms with Crippen molar-refractivity contribution in [3.05, 3.63) is 0 Å². The van der Waals surface area contributed by atoms with E-state index in [0.717, 1.165) is 17.9 Å². The standard InChI is InChI=1S/C17H34N2/c1-15(16-8-7-12-18-14-16)11-13-19(2)17-9-5-3-4-6-10-17/h15-18H,3-14H2,1-2H3. The Morgan fingerprint density at radius 3 is 2.42 bits per heavy atom. The Labute approximate surface area is 120 Å². The average Bonchev–Trinajstić information content (AvgIpc) is 2.74. The van der Waals surface area contributed by atoms with Crippen LogP contribution in [0.2, 0.25) is 0 Å². The minimum atomic E-state index is 0.874. The maximum Gasteiger partial charge on any atom is 0.00922 e. The fourth-order valence-electron chi connectivity index (χ4n) is 3.89. The van der Waals surface area contributed by atoms with Crippen LogP contribution in [0.25, 0.3) is 0 Å². The van der Waals surface area contributed by atoms with Gasteiger partial charge in [0.15, 0.2) is 0 Å². The Balaban J connectivity index is 1.67. The molecule has 0 radical (unpaired) electrons. The summed E-state index contributed by atoms with van der Waals surface area (Å²) in [7, 11) is 2.36. The van der Waals surface area contributed by atoms with Gasteiger partial charge in [-0.3, -0.25) is 0 Å². The molecule has 0 aromatic rings. The molecule has 0 amide bonds. The molecule has 1 saturated carbocycles. The van der Waals surface area contributed by atoms with Crippen molar-refractivity contribution in [3.8, 4) is 0 Å². The van der Waals surface area contributed by atoms with Crippen molar-refractivity contribution >= 4 is 0 Å². The number of hydrogen-bond donors (Lipinski definition) is 1. The minimum absolute atomic E-state index is 0.874. The van der Waals surface area contributed by atoms with Crippen LogP contribution in [0.15, 0.2) is 0 Å². The summed E-state index contributed by atoms with van der Waals surface area (Å²) in [4.78, 5) is 2.66. The van der Waals surface area contributed by atoms with Gasteiger partial charge in [-0.2, -0.15) is 0 Å². The molecule has 1 aliphatic heterocycles. The molecule has 19 heavy (non-hydrogen) atoms. The van der Waals surface area contributed by atoms with E-state index in [1.165, 1.54) is 77.4 Å². The van der Waals surface area contributed by atoms with Gasteiger partial charge in [-0.25, -0.2) is 0 Å². The normalized spacial score (nSPS) is 28.3. The zero-order valence-electron chi connectivity index (χ0n) is 13.2. The van der Waals surface area contributed by atoms with Crippen LogP contribution in [0.5, 0.6) is 0 Å². The van der Waals surface area contributed by atoms with E-state index in [2.05, 4.69) is 24.2 Å². The highest BCUT2D eigenvalue weighted by Crippen LogP contribution is 2.25. The first kappa shape index (κ1) is 15.3. The predicted molar refractivity (Wildman–Crippen MR) is 83.5 cm³/mol. The lowest BCUT2D eigenvalue weighted by atomic mass is 9.85. The topological polar surface area (TPSA) is 15.3 Å². The second kappa shape index (κ2) is 8.26. The maximum absolute atomic E-state index is 3.56. The second-order valence-electron chi connectivity index (χ2n) is 7.00. The summed E-state index contributed by atoms with van der Waals surface area (Å²) < 4.78 is 0. The quantitative estimate of drug-likeness (QED) is 0.764.